The Morgan fingerprint density at radius 2 is 1.81 bits per heavy atom. The van der Waals surface area contributed by atoms with Gasteiger partial charge in [0.2, 0.25) is 15.5 Å². The minimum atomic E-state index is -3.68. The molecule has 3 aromatic rings. The molecule has 0 atom stereocenters. The third kappa shape index (κ3) is 5.50. The Kier molecular flexibility index (Phi) is 7.87. The first kappa shape index (κ1) is 26.0. The van der Waals surface area contributed by atoms with Crippen molar-refractivity contribution >= 4 is 26.8 Å². The number of benzene rings is 2. The second kappa shape index (κ2) is 10.9. The zero-order valence-electron chi connectivity index (χ0n) is 20.1. The lowest BCUT2D eigenvalue weighted by Crippen LogP contribution is -2.27. The molecule has 10 heteroatoms. The minimum absolute atomic E-state index is 0.0339. The van der Waals surface area contributed by atoms with E-state index in [1.165, 1.54) is 35.9 Å². The lowest BCUT2D eigenvalue weighted by Gasteiger charge is -2.14. The van der Waals surface area contributed by atoms with Crippen molar-refractivity contribution in [2.24, 2.45) is 0 Å². The Bertz CT molecular complexity index is 1430. The lowest BCUT2D eigenvalue weighted by molar-refractivity contribution is 0.0704. The number of amides is 1. The van der Waals surface area contributed by atoms with Crippen molar-refractivity contribution in [3.05, 3.63) is 64.2 Å². The van der Waals surface area contributed by atoms with Gasteiger partial charge in [0.1, 0.15) is 11.4 Å². The van der Waals surface area contributed by atoms with Crippen LogP contribution >= 0.6 is 0 Å². The highest BCUT2D eigenvalue weighted by atomic mass is 32.2. The maximum absolute atomic E-state index is 15.1. The van der Waals surface area contributed by atoms with E-state index < -0.39 is 27.2 Å². The standard InChI is InChI=1S/C26H30FN3O5S/c1-2-3-4-5-6-13-28-36(34,35)19-11-7-17(8-12-19)20-15-24-21(14-23(20)27)25(31)22(26(32)29-33)16-30(24)18-9-10-18/h7-8,11-12,14-16,18,28,33H,2-6,9-10,13H2,1H3,(H,29,32). The SMILES string of the molecule is CCCCCCCNS(=O)(=O)c1ccc(-c2cc3c(cc2F)c(=O)c(C(=O)NO)cn3C2CC2)cc1. The minimum Gasteiger partial charge on any atom is -0.343 e. The predicted octanol–water partition coefficient (Wildman–Crippen LogP) is 4.51. The molecular formula is C26H30FN3O5S. The van der Waals surface area contributed by atoms with E-state index in [1.54, 1.807) is 10.6 Å². The summed E-state index contributed by atoms with van der Waals surface area (Å²) in [4.78, 5) is 24.9. The number of hydrogen-bond acceptors (Lipinski definition) is 5. The van der Waals surface area contributed by atoms with Crippen molar-refractivity contribution in [2.45, 2.75) is 62.8 Å². The highest BCUT2D eigenvalue weighted by molar-refractivity contribution is 7.89. The Hall–Kier alpha value is -3.08. The van der Waals surface area contributed by atoms with Gasteiger partial charge in [-0.15, -0.1) is 0 Å². The van der Waals surface area contributed by atoms with Crippen LogP contribution in [0.2, 0.25) is 0 Å². The fourth-order valence-corrected chi connectivity index (χ4v) is 5.37. The van der Waals surface area contributed by atoms with Gasteiger partial charge < -0.3 is 4.57 Å². The van der Waals surface area contributed by atoms with Crippen LogP contribution in [0.15, 0.2) is 52.3 Å². The molecule has 0 unspecified atom stereocenters. The fraction of sp³-hybridized carbons (Fsp3) is 0.385. The molecule has 192 valence electrons. The molecule has 2 aromatic carbocycles. The highest BCUT2D eigenvalue weighted by Crippen LogP contribution is 2.38. The second-order valence-corrected chi connectivity index (χ2v) is 10.9. The molecule has 36 heavy (non-hydrogen) atoms. The van der Waals surface area contributed by atoms with Crippen LogP contribution in [0, 0.1) is 5.82 Å². The molecule has 1 aliphatic rings. The van der Waals surface area contributed by atoms with Crippen molar-refractivity contribution in [3.8, 4) is 11.1 Å². The summed E-state index contributed by atoms with van der Waals surface area (Å²) >= 11 is 0. The smallest absolute Gasteiger partial charge is 0.280 e. The second-order valence-electron chi connectivity index (χ2n) is 9.14. The van der Waals surface area contributed by atoms with Gasteiger partial charge in [0, 0.05) is 29.7 Å². The van der Waals surface area contributed by atoms with E-state index in [2.05, 4.69) is 11.6 Å². The van der Waals surface area contributed by atoms with Crippen LogP contribution in [-0.2, 0) is 10.0 Å². The van der Waals surface area contributed by atoms with Gasteiger partial charge >= 0.3 is 0 Å². The maximum Gasteiger partial charge on any atom is 0.280 e. The van der Waals surface area contributed by atoms with E-state index in [0.717, 1.165) is 51.0 Å². The van der Waals surface area contributed by atoms with Crippen molar-refractivity contribution in [3.63, 3.8) is 0 Å². The number of pyridine rings is 1. The summed E-state index contributed by atoms with van der Waals surface area (Å²) in [5.74, 6) is -1.63. The van der Waals surface area contributed by atoms with Crippen LogP contribution in [0.3, 0.4) is 0 Å². The molecule has 0 aliphatic heterocycles. The molecular weight excluding hydrogens is 485 g/mol. The summed E-state index contributed by atoms with van der Waals surface area (Å²) < 4.78 is 44.7. The van der Waals surface area contributed by atoms with Gasteiger partial charge in [0.05, 0.1) is 10.4 Å². The summed E-state index contributed by atoms with van der Waals surface area (Å²) in [5, 5.41) is 9.01. The van der Waals surface area contributed by atoms with Crippen LogP contribution < -0.4 is 15.6 Å². The van der Waals surface area contributed by atoms with Gasteiger partial charge in [-0.3, -0.25) is 14.8 Å². The number of unbranched alkanes of at least 4 members (excludes halogenated alkanes) is 4. The summed E-state index contributed by atoms with van der Waals surface area (Å²) in [7, 11) is -3.68. The molecule has 4 rings (SSSR count). The quantitative estimate of drug-likeness (QED) is 0.197. The number of rotatable bonds is 11. The molecule has 1 aromatic heterocycles. The van der Waals surface area contributed by atoms with E-state index >= 15 is 4.39 Å². The first-order valence-corrected chi connectivity index (χ1v) is 13.7. The Morgan fingerprint density at radius 1 is 1.11 bits per heavy atom. The summed E-state index contributed by atoms with van der Waals surface area (Å²) in [6.07, 6.45) is 8.16. The van der Waals surface area contributed by atoms with Crippen LogP contribution in [0.25, 0.3) is 22.0 Å². The van der Waals surface area contributed by atoms with E-state index in [9.17, 15) is 18.0 Å². The van der Waals surface area contributed by atoms with E-state index in [4.69, 9.17) is 5.21 Å². The van der Waals surface area contributed by atoms with Crippen molar-refractivity contribution in [1.82, 2.24) is 14.8 Å². The summed E-state index contributed by atoms with van der Waals surface area (Å²) in [6, 6.07) is 8.63. The molecule has 1 aliphatic carbocycles. The highest BCUT2D eigenvalue weighted by Gasteiger charge is 2.27. The number of carbonyl (C=O) groups excluding carboxylic acids is 1. The van der Waals surface area contributed by atoms with Gasteiger partial charge in [0.15, 0.2) is 0 Å². The van der Waals surface area contributed by atoms with E-state index in [-0.39, 0.29) is 27.5 Å². The molecule has 1 saturated carbocycles. The average Bonchev–Trinajstić information content (AvgIpc) is 3.71. The van der Waals surface area contributed by atoms with Crippen LogP contribution in [0.5, 0.6) is 0 Å². The lowest BCUT2D eigenvalue weighted by atomic mass is 10.0. The molecule has 0 saturated heterocycles. The molecule has 3 N–H and O–H groups in total. The largest absolute Gasteiger partial charge is 0.343 e. The van der Waals surface area contributed by atoms with Gasteiger partial charge in [-0.05, 0) is 49.1 Å². The number of hydrogen-bond donors (Lipinski definition) is 3. The number of fused-ring (bicyclic) bond motifs is 1. The number of aromatic nitrogens is 1. The first-order valence-electron chi connectivity index (χ1n) is 12.2. The third-order valence-electron chi connectivity index (χ3n) is 6.46. The first-order chi connectivity index (χ1) is 17.3. The zero-order valence-corrected chi connectivity index (χ0v) is 20.9. The Balaban J connectivity index is 1.62. The molecule has 1 fully saturated rings. The van der Waals surface area contributed by atoms with Crippen molar-refractivity contribution < 1.29 is 22.8 Å². The van der Waals surface area contributed by atoms with E-state index in [0.29, 0.717) is 17.6 Å². The number of nitrogens with zero attached hydrogens (tertiary/aromatic N) is 1. The monoisotopic (exact) mass is 515 g/mol. The van der Waals surface area contributed by atoms with Crippen LogP contribution in [-0.4, -0.2) is 30.6 Å². The molecule has 8 nitrogen and oxygen atoms in total. The topological polar surface area (TPSA) is 118 Å². The Morgan fingerprint density at radius 3 is 2.44 bits per heavy atom. The molecule has 1 heterocycles. The predicted molar refractivity (Wildman–Crippen MR) is 135 cm³/mol. The number of sulfonamides is 1. The average molecular weight is 516 g/mol. The number of carbonyl (C=O) groups is 1. The normalized spacial score (nSPS) is 13.8. The number of nitrogens with one attached hydrogen (secondary N) is 2. The van der Waals surface area contributed by atoms with Crippen LogP contribution in [0.1, 0.15) is 68.3 Å². The van der Waals surface area contributed by atoms with Gasteiger partial charge in [-0.25, -0.2) is 23.0 Å². The molecule has 0 radical (unpaired) electrons. The van der Waals surface area contributed by atoms with Crippen molar-refractivity contribution in [1.29, 1.82) is 0 Å². The van der Waals surface area contributed by atoms with Crippen LogP contribution in [0.4, 0.5) is 4.39 Å². The molecule has 0 spiro atoms. The molecule has 1 amide bonds. The maximum atomic E-state index is 15.1. The Labute approximate surface area is 209 Å². The molecule has 0 bridgehead atoms. The number of halogens is 1. The third-order valence-corrected chi connectivity index (χ3v) is 7.93. The van der Waals surface area contributed by atoms with E-state index in [1.807, 2.05) is 0 Å². The van der Waals surface area contributed by atoms with Gasteiger partial charge in [-0.2, -0.15) is 0 Å². The van der Waals surface area contributed by atoms with Gasteiger partial charge in [-0.1, -0.05) is 44.7 Å². The zero-order chi connectivity index (χ0) is 25.9. The van der Waals surface area contributed by atoms with Crippen molar-refractivity contribution in [2.75, 3.05) is 6.54 Å². The fourth-order valence-electron chi connectivity index (χ4n) is 4.30. The van der Waals surface area contributed by atoms with Gasteiger partial charge in [0.25, 0.3) is 5.91 Å². The summed E-state index contributed by atoms with van der Waals surface area (Å²) in [6.45, 7) is 2.49. The summed E-state index contributed by atoms with van der Waals surface area (Å²) in [5.41, 5.74) is 1.66. The number of hydroxylamine groups is 1.